The van der Waals surface area contributed by atoms with Crippen LogP contribution < -0.4 is 19.9 Å². The smallest absolute Gasteiger partial charge is 0.119 e. The molecule has 1 aliphatic heterocycles. The SMILES string of the molecule is COc1ccc(C2=CN=CNN2c2ccc(OC)cc2)cc1. The van der Waals surface area contributed by atoms with Crippen LogP contribution in [0.4, 0.5) is 5.69 Å². The normalized spacial score (nSPS) is 13.4. The van der Waals surface area contributed by atoms with Crippen molar-refractivity contribution < 1.29 is 9.47 Å². The Labute approximate surface area is 129 Å². The molecule has 0 saturated heterocycles. The van der Waals surface area contributed by atoms with Gasteiger partial charge in [0.05, 0.1) is 31.8 Å². The van der Waals surface area contributed by atoms with Crippen LogP contribution in [-0.4, -0.2) is 20.6 Å². The van der Waals surface area contributed by atoms with Gasteiger partial charge in [0, 0.05) is 5.56 Å². The van der Waals surface area contributed by atoms with Gasteiger partial charge in [-0.3, -0.25) is 10.4 Å². The second kappa shape index (κ2) is 6.22. The molecule has 0 spiro atoms. The quantitative estimate of drug-likeness (QED) is 0.941. The van der Waals surface area contributed by atoms with Crippen molar-refractivity contribution >= 4 is 17.7 Å². The summed E-state index contributed by atoms with van der Waals surface area (Å²) < 4.78 is 10.4. The van der Waals surface area contributed by atoms with Gasteiger partial charge in [0.1, 0.15) is 17.8 Å². The van der Waals surface area contributed by atoms with Gasteiger partial charge in [-0.1, -0.05) is 0 Å². The zero-order valence-electron chi connectivity index (χ0n) is 12.5. The number of hydrogen-bond acceptors (Lipinski definition) is 5. The van der Waals surface area contributed by atoms with Crippen LogP contribution >= 0.6 is 0 Å². The molecule has 0 unspecified atom stereocenters. The number of anilines is 1. The van der Waals surface area contributed by atoms with Gasteiger partial charge in [0.2, 0.25) is 0 Å². The Morgan fingerprint density at radius 2 is 1.45 bits per heavy atom. The van der Waals surface area contributed by atoms with E-state index in [9.17, 15) is 0 Å². The van der Waals surface area contributed by atoms with E-state index in [2.05, 4.69) is 10.4 Å². The lowest BCUT2D eigenvalue weighted by molar-refractivity contribution is 0.414. The summed E-state index contributed by atoms with van der Waals surface area (Å²) in [7, 11) is 3.31. The summed E-state index contributed by atoms with van der Waals surface area (Å²) in [6.07, 6.45) is 3.47. The highest BCUT2D eigenvalue weighted by atomic mass is 16.5. The van der Waals surface area contributed by atoms with E-state index in [-0.39, 0.29) is 0 Å². The standard InChI is InChI=1S/C17H17N3O2/c1-21-15-7-3-13(4-8-15)17-11-18-12-19-20(17)14-5-9-16(22-2)10-6-14/h3-12H,1-2H3,(H,18,19). The van der Waals surface area contributed by atoms with Gasteiger partial charge in [0.15, 0.2) is 0 Å². The van der Waals surface area contributed by atoms with Crippen LogP contribution in [-0.2, 0) is 0 Å². The lowest BCUT2D eigenvalue weighted by Crippen LogP contribution is -2.37. The summed E-state index contributed by atoms with van der Waals surface area (Å²) in [6.45, 7) is 0. The summed E-state index contributed by atoms with van der Waals surface area (Å²) in [5, 5.41) is 1.97. The Morgan fingerprint density at radius 1 is 0.864 bits per heavy atom. The Bertz CT molecular complexity index is 691. The van der Waals surface area contributed by atoms with E-state index >= 15 is 0 Å². The topological polar surface area (TPSA) is 46.1 Å². The van der Waals surface area contributed by atoms with Crippen molar-refractivity contribution in [2.45, 2.75) is 0 Å². The predicted octanol–water partition coefficient (Wildman–Crippen LogP) is 3.06. The van der Waals surface area contributed by atoms with E-state index in [1.807, 2.05) is 59.7 Å². The Morgan fingerprint density at radius 3 is 2.05 bits per heavy atom. The average molecular weight is 295 g/mol. The molecule has 0 amide bonds. The minimum absolute atomic E-state index is 0.824. The zero-order chi connectivity index (χ0) is 15.4. The molecule has 22 heavy (non-hydrogen) atoms. The van der Waals surface area contributed by atoms with Gasteiger partial charge >= 0.3 is 0 Å². The fraction of sp³-hybridized carbons (Fsp3) is 0.118. The number of aliphatic imine (C=N–C) groups is 1. The molecule has 2 aromatic carbocycles. The molecule has 0 saturated carbocycles. The molecule has 1 aliphatic rings. The van der Waals surface area contributed by atoms with E-state index < -0.39 is 0 Å². The molecule has 0 bridgehead atoms. The molecule has 2 aromatic rings. The molecule has 1 N–H and O–H groups in total. The highest BCUT2D eigenvalue weighted by molar-refractivity contribution is 5.84. The molecule has 0 aliphatic carbocycles. The number of rotatable bonds is 4. The third-order valence-corrected chi connectivity index (χ3v) is 3.42. The molecule has 5 nitrogen and oxygen atoms in total. The van der Waals surface area contributed by atoms with E-state index in [1.165, 1.54) is 0 Å². The largest absolute Gasteiger partial charge is 0.497 e. The number of methoxy groups -OCH3 is 2. The van der Waals surface area contributed by atoms with Crippen molar-refractivity contribution in [3.63, 3.8) is 0 Å². The highest BCUT2D eigenvalue weighted by Gasteiger charge is 2.15. The fourth-order valence-corrected chi connectivity index (χ4v) is 2.24. The minimum atomic E-state index is 0.824. The number of hydrogen-bond donors (Lipinski definition) is 1. The van der Waals surface area contributed by atoms with E-state index in [0.29, 0.717) is 0 Å². The fourth-order valence-electron chi connectivity index (χ4n) is 2.24. The number of ether oxygens (including phenoxy) is 2. The third kappa shape index (κ3) is 2.74. The second-order valence-electron chi connectivity index (χ2n) is 4.68. The molecule has 0 radical (unpaired) electrons. The summed E-state index contributed by atoms with van der Waals surface area (Å²) in [5.74, 6) is 1.65. The van der Waals surface area contributed by atoms with Gasteiger partial charge in [-0.15, -0.1) is 0 Å². The van der Waals surface area contributed by atoms with E-state index in [4.69, 9.17) is 9.47 Å². The maximum absolute atomic E-state index is 5.20. The van der Waals surface area contributed by atoms with Crippen LogP contribution in [0.25, 0.3) is 5.70 Å². The van der Waals surface area contributed by atoms with Crippen LogP contribution in [0.1, 0.15) is 5.56 Å². The first-order valence-electron chi connectivity index (χ1n) is 6.88. The monoisotopic (exact) mass is 295 g/mol. The van der Waals surface area contributed by atoms with Crippen LogP contribution in [0.5, 0.6) is 11.5 Å². The molecule has 0 atom stereocenters. The van der Waals surface area contributed by atoms with Crippen molar-refractivity contribution in [2.75, 3.05) is 19.2 Å². The molecule has 0 fully saturated rings. The lowest BCUT2D eigenvalue weighted by atomic mass is 10.1. The molecular weight excluding hydrogens is 278 g/mol. The van der Waals surface area contributed by atoms with Crippen LogP contribution in [0.2, 0.25) is 0 Å². The van der Waals surface area contributed by atoms with Crippen LogP contribution in [0.15, 0.2) is 59.7 Å². The van der Waals surface area contributed by atoms with Crippen molar-refractivity contribution in [1.29, 1.82) is 0 Å². The van der Waals surface area contributed by atoms with Crippen LogP contribution in [0.3, 0.4) is 0 Å². The summed E-state index contributed by atoms with van der Waals surface area (Å²) in [6, 6.07) is 15.7. The Hall–Kier alpha value is -2.95. The molecular formula is C17H17N3O2. The Kier molecular flexibility index (Phi) is 3.96. The van der Waals surface area contributed by atoms with Gasteiger partial charge in [-0.05, 0) is 48.5 Å². The van der Waals surface area contributed by atoms with Gasteiger partial charge in [-0.25, -0.2) is 4.99 Å². The first-order chi connectivity index (χ1) is 10.8. The van der Waals surface area contributed by atoms with Crippen molar-refractivity contribution in [3.8, 4) is 11.5 Å². The van der Waals surface area contributed by atoms with Crippen molar-refractivity contribution in [1.82, 2.24) is 5.43 Å². The summed E-state index contributed by atoms with van der Waals surface area (Å²) in [5.41, 5.74) is 6.14. The maximum atomic E-state index is 5.20. The number of benzene rings is 2. The molecule has 3 rings (SSSR count). The molecule has 0 aromatic heterocycles. The second-order valence-corrected chi connectivity index (χ2v) is 4.68. The predicted molar refractivity (Wildman–Crippen MR) is 88.1 cm³/mol. The van der Waals surface area contributed by atoms with Gasteiger partial charge < -0.3 is 9.47 Å². The average Bonchev–Trinajstić information content (AvgIpc) is 2.62. The number of hydrazine groups is 1. The zero-order valence-corrected chi connectivity index (χ0v) is 12.5. The Balaban J connectivity index is 1.92. The van der Waals surface area contributed by atoms with Gasteiger partial charge in [0.25, 0.3) is 0 Å². The van der Waals surface area contributed by atoms with Crippen LogP contribution in [0, 0.1) is 0 Å². The van der Waals surface area contributed by atoms with E-state index in [0.717, 1.165) is 28.4 Å². The van der Waals surface area contributed by atoms with Crippen molar-refractivity contribution in [3.05, 3.63) is 60.3 Å². The molecule has 112 valence electrons. The highest BCUT2D eigenvalue weighted by Crippen LogP contribution is 2.28. The first kappa shape index (κ1) is 14.0. The van der Waals surface area contributed by atoms with Crippen molar-refractivity contribution in [2.24, 2.45) is 4.99 Å². The summed E-state index contributed by atoms with van der Waals surface area (Å²) >= 11 is 0. The lowest BCUT2D eigenvalue weighted by Gasteiger charge is -2.28. The van der Waals surface area contributed by atoms with Gasteiger partial charge in [-0.2, -0.15) is 0 Å². The minimum Gasteiger partial charge on any atom is -0.497 e. The number of nitrogens with zero attached hydrogens (tertiary/aromatic N) is 2. The summed E-state index contributed by atoms with van der Waals surface area (Å²) in [4.78, 5) is 4.19. The number of nitrogens with one attached hydrogen (secondary N) is 1. The molecule has 5 heteroatoms. The first-order valence-corrected chi connectivity index (χ1v) is 6.88. The van der Waals surface area contributed by atoms with E-state index in [1.54, 1.807) is 20.6 Å². The molecule has 1 heterocycles. The third-order valence-electron chi connectivity index (χ3n) is 3.42. The maximum Gasteiger partial charge on any atom is 0.119 e.